The van der Waals surface area contributed by atoms with E-state index in [9.17, 15) is 9.90 Å². The van der Waals surface area contributed by atoms with E-state index < -0.39 is 17.7 Å². The molecule has 0 saturated carbocycles. The summed E-state index contributed by atoms with van der Waals surface area (Å²) in [6, 6.07) is 19.9. The van der Waals surface area contributed by atoms with Crippen LogP contribution >= 0.6 is 0 Å². The molecule has 0 amide bonds. The largest absolute Gasteiger partial charge is 0.489 e. The highest BCUT2D eigenvalue weighted by Gasteiger charge is 2.36. The lowest BCUT2D eigenvalue weighted by Crippen LogP contribution is -2.40. The van der Waals surface area contributed by atoms with Crippen molar-refractivity contribution in [2.45, 2.75) is 72.7 Å². The lowest BCUT2D eigenvalue weighted by molar-refractivity contribution is -0.160. The standard InChI is InChI=1S/C33H40N4O4/c1-22-28(29(31(38)39)41-32(2,3)4)30(36-17-15-33(5,6)16-18-36)37-27(34-22)20-26(35-37)24-13-10-14-25(19-24)40-21-23-11-8-7-9-12-23/h7-14,19-20,29H,15-18,21H2,1-6H3,(H,38,39). The molecule has 3 heterocycles. The van der Waals surface area contributed by atoms with Gasteiger partial charge in [-0.1, -0.05) is 56.3 Å². The molecule has 1 fully saturated rings. The number of rotatable bonds is 8. The molecule has 0 aliphatic carbocycles. The van der Waals surface area contributed by atoms with Crippen LogP contribution in [0.25, 0.3) is 16.9 Å². The van der Waals surface area contributed by atoms with Crippen molar-refractivity contribution in [1.29, 1.82) is 0 Å². The van der Waals surface area contributed by atoms with Gasteiger partial charge < -0.3 is 19.5 Å². The first-order valence-electron chi connectivity index (χ1n) is 14.2. The summed E-state index contributed by atoms with van der Waals surface area (Å²) in [6.45, 7) is 14.1. The molecule has 1 aliphatic heterocycles. The quantitative estimate of drug-likeness (QED) is 0.254. The first-order valence-corrected chi connectivity index (χ1v) is 14.2. The number of ether oxygens (including phenoxy) is 2. The van der Waals surface area contributed by atoms with Crippen LogP contribution in [0.3, 0.4) is 0 Å². The SMILES string of the molecule is Cc1nc2cc(-c3cccc(OCc4ccccc4)c3)nn2c(N2CCC(C)(C)CC2)c1C(OC(C)(C)C)C(=O)O. The molecule has 5 rings (SSSR count). The molecule has 1 unspecified atom stereocenters. The summed E-state index contributed by atoms with van der Waals surface area (Å²) in [6.07, 6.45) is 0.795. The Bertz CT molecular complexity index is 1530. The van der Waals surface area contributed by atoms with Crippen LogP contribution in [0.5, 0.6) is 5.75 Å². The molecule has 1 saturated heterocycles. The normalized spacial score (nSPS) is 16.1. The van der Waals surface area contributed by atoms with Gasteiger partial charge in [0.25, 0.3) is 0 Å². The van der Waals surface area contributed by atoms with Crippen LogP contribution in [-0.2, 0) is 16.1 Å². The van der Waals surface area contributed by atoms with Gasteiger partial charge in [0, 0.05) is 30.4 Å². The molecule has 0 bridgehead atoms. The molecule has 8 heteroatoms. The average Bonchev–Trinajstić information content (AvgIpc) is 3.34. The number of aliphatic carboxylic acids is 1. The Kier molecular flexibility index (Phi) is 7.79. The lowest BCUT2D eigenvalue weighted by atomic mass is 9.82. The predicted octanol–water partition coefficient (Wildman–Crippen LogP) is 6.85. The Morgan fingerprint density at radius 1 is 1.05 bits per heavy atom. The van der Waals surface area contributed by atoms with Crippen LogP contribution in [0, 0.1) is 12.3 Å². The predicted molar refractivity (Wildman–Crippen MR) is 160 cm³/mol. The molecule has 8 nitrogen and oxygen atoms in total. The fourth-order valence-electron chi connectivity index (χ4n) is 5.26. The van der Waals surface area contributed by atoms with Gasteiger partial charge in [-0.2, -0.15) is 9.61 Å². The minimum atomic E-state index is -1.18. The van der Waals surface area contributed by atoms with Crippen LogP contribution in [0.4, 0.5) is 5.82 Å². The van der Waals surface area contributed by atoms with E-state index in [-0.39, 0.29) is 5.41 Å². The molecule has 1 atom stereocenters. The average molecular weight is 557 g/mol. The minimum absolute atomic E-state index is 0.224. The second kappa shape index (κ2) is 11.2. The lowest BCUT2D eigenvalue weighted by Gasteiger charge is -2.39. The molecule has 2 aromatic heterocycles. The summed E-state index contributed by atoms with van der Waals surface area (Å²) in [5.74, 6) is 0.442. The van der Waals surface area contributed by atoms with Gasteiger partial charge in [-0.3, -0.25) is 0 Å². The Morgan fingerprint density at radius 2 is 1.76 bits per heavy atom. The summed E-state index contributed by atoms with van der Waals surface area (Å²) >= 11 is 0. The maximum absolute atomic E-state index is 12.6. The molecule has 1 N–H and O–H groups in total. The van der Waals surface area contributed by atoms with E-state index in [0.29, 0.717) is 23.5 Å². The van der Waals surface area contributed by atoms with Gasteiger partial charge in [-0.15, -0.1) is 0 Å². The number of fused-ring (bicyclic) bond motifs is 1. The summed E-state index contributed by atoms with van der Waals surface area (Å²) in [5.41, 5.74) is 4.12. The summed E-state index contributed by atoms with van der Waals surface area (Å²) in [7, 11) is 0. The number of nitrogens with zero attached hydrogens (tertiary/aromatic N) is 4. The van der Waals surface area contributed by atoms with Gasteiger partial charge in [0.15, 0.2) is 11.8 Å². The van der Waals surface area contributed by atoms with Crippen LogP contribution in [0.2, 0.25) is 0 Å². The van der Waals surface area contributed by atoms with Gasteiger partial charge in [0.1, 0.15) is 18.2 Å². The van der Waals surface area contributed by atoms with E-state index in [1.165, 1.54) is 0 Å². The maximum Gasteiger partial charge on any atom is 0.337 e. The molecular formula is C33H40N4O4. The van der Waals surface area contributed by atoms with Crippen LogP contribution in [-0.4, -0.2) is 44.4 Å². The van der Waals surface area contributed by atoms with Crippen molar-refractivity contribution in [2.24, 2.45) is 5.41 Å². The first kappa shape index (κ1) is 28.6. The number of piperidine rings is 1. The fraction of sp³-hybridized carbons (Fsp3) is 0.424. The van der Waals surface area contributed by atoms with Crippen molar-refractivity contribution in [3.8, 4) is 17.0 Å². The second-order valence-corrected chi connectivity index (χ2v) is 12.6. The van der Waals surface area contributed by atoms with E-state index in [2.05, 4.69) is 18.7 Å². The number of aromatic nitrogens is 3. The molecule has 4 aromatic rings. The second-order valence-electron chi connectivity index (χ2n) is 12.6. The topological polar surface area (TPSA) is 89.2 Å². The molecule has 216 valence electrons. The number of hydrogen-bond acceptors (Lipinski definition) is 6. The maximum atomic E-state index is 12.6. The van der Waals surface area contributed by atoms with Gasteiger partial charge in [0.2, 0.25) is 0 Å². The Labute approximate surface area is 241 Å². The summed E-state index contributed by atoms with van der Waals surface area (Å²) in [5, 5.41) is 15.3. The van der Waals surface area contributed by atoms with Crippen molar-refractivity contribution in [1.82, 2.24) is 14.6 Å². The van der Waals surface area contributed by atoms with Gasteiger partial charge in [-0.25, -0.2) is 9.78 Å². The minimum Gasteiger partial charge on any atom is -0.489 e. The van der Waals surface area contributed by atoms with Crippen molar-refractivity contribution in [2.75, 3.05) is 18.0 Å². The number of aryl methyl sites for hydroxylation is 1. The van der Waals surface area contributed by atoms with Crippen LogP contribution in [0.15, 0.2) is 60.7 Å². The molecule has 0 spiro atoms. The highest BCUT2D eigenvalue weighted by molar-refractivity contribution is 5.79. The van der Waals surface area contributed by atoms with Crippen LogP contribution < -0.4 is 9.64 Å². The third-order valence-corrected chi connectivity index (χ3v) is 7.56. The van der Waals surface area contributed by atoms with E-state index >= 15 is 0 Å². The molecule has 2 aromatic carbocycles. The van der Waals surface area contributed by atoms with Crippen molar-refractivity contribution < 1.29 is 19.4 Å². The van der Waals surface area contributed by atoms with Crippen molar-refractivity contribution in [3.05, 3.63) is 77.5 Å². The highest BCUT2D eigenvalue weighted by atomic mass is 16.5. The molecule has 0 radical (unpaired) electrons. The van der Waals surface area contributed by atoms with Crippen molar-refractivity contribution in [3.63, 3.8) is 0 Å². The fourth-order valence-corrected chi connectivity index (χ4v) is 5.26. The number of hydrogen-bond donors (Lipinski definition) is 1. The van der Waals surface area contributed by atoms with Gasteiger partial charge in [0.05, 0.1) is 16.9 Å². The van der Waals surface area contributed by atoms with Crippen molar-refractivity contribution >= 4 is 17.4 Å². The van der Waals surface area contributed by atoms with Crippen LogP contribution in [0.1, 0.15) is 70.4 Å². The zero-order valence-electron chi connectivity index (χ0n) is 24.8. The Hall–Kier alpha value is -3.91. The smallest absolute Gasteiger partial charge is 0.337 e. The van der Waals surface area contributed by atoms with E-state index in [4.69, 9.17) is 19.6 Å². The number of carboxylic acids is 1. The third-order valence-electron chi connectivity index (χ3n) is 7.56. The van der Waals surface area contributed by atoms with Gasteiger partial charge in [-0.05, 0) is 63.6 Å². The Morgan fingerprint density at radius 3 is 2.41 bits per heavy atom. The van der Waals surface area contributed by atoms with E-state index in [1.54, 1.807) is 4.52 Å². The molecular weight excluding hydrogens is 516 g/mol. The molecule has 41 heavy (non-hydrogen) atoms. The van der Waals surface area contributed by atoms with E-state index in [1.807, 2.05) is 88.4 Å². The zero-order valence-corrected chi connectivity index (χ0v) is 24.8. The number of carboxylic acid groups (broad SMARTS) is 1. The first-order chi connectivity index (χ1) is 19.4. The van der Waals surface area contributed by atoms with E-state index in [0.717, 1.165) is 54.3 Å². The highest BCUT2D eigenvalue weighted by Crippen LogP contribution is 2.39. The summed E-state index contributed by atoms with van der Waals surface area (Å²) in [4.78, 5) is 19.7. The zero-order chi connectivity index (χ0) is 29.4. The number of carbonyl (C=O) groups is 1. The number of benzene rings is 2. The Balaban J connectivity index is 1.58. The monoisotopic (exact) mass is 556 g/mol. The molecule has 1 aliphatic rings. The number of anilines is 1. The van der Waals surface area contributed by atoms with Gasteiger partial charge >= 0.3 is 5.97 Å². The third kappa shape index (κ3) is 6.54. The summed E-state index contributed by atoms with van der Waals surface area (Å²) < 4.78 is 14.0.